The van der Waals surface area contributed by atoms with Crippen molar-refractivity contribution >= 4 is 33.2 Å². The summed E-state index contributed by atoms with van der Waals surface area (Å²) in [6.07, 6.45) is 13.9. The van der Waals surface area contributed by atoms with Crippen molar-refractivity contribution in [3.8, 4) is 12.1 Å². The maximum absolute atomic E-state index is 11.5. The molecule has 0 saturated heterocycles. The number of hydrogen-bond donors (Lipinski definition) is 4. The van der Waals surface area contributed by atoms with Crippen LogP contribution >= 0.6 is 11.8 Å². The van der Waals surface area contributed by atoms with Crippen molar-refractivity contribution in [2.24, 2.45) is 0 Å². The number of nitrogens with one attached hydrogen (secondary N) is 2. The molecule has 2 heterocycles. The number of sulfone groups is 1. The first kappa shape index (κ1) is 31.5. The van der Waals surface area contributed by atoms with Crippen LogP contribution in [0.25, 0.3) is 0 Å². The van der Waals surface area contributed by atoms with Gasteiger partial charge in [-0.15, -0.1) is 0 Å². The molecule has 216 valence electrons. The number of aliphatic hydroxyl groups excluding tert-OH is 2. The van der Waals surface area contributed by atoms with Gasteiger partial charge in [-0.25, -0.2) is 23.4 Å². The highest BCUT2D eigenvalue weighted by atomic mass is 32.2. The number of nitriles is 2. The molecule has 14 heteroatoms. The summed E-state index contributed by atoms with van der Waals surface area (Å²) >= 11 is 1.45. The summed E-state index contributed by atoms with van der Waals surface area (Å²) in [5, 5.41) is 44.5. The van der Waals surface area contributed by atoms with E-state index in [0.29, 0.717) is 29.4 Å². The maximum atomic E-state index is 11.5. The minimum Gasteiger partial charge on any atom is -0.393 e. The molecule has 0 aromatic carbocycles. The summed E-state index contributed by atoms with van der Waals surface area (Å²) in [4.78, 5) is 16.1. The number of thioether (sulfide) groups is 1. The van der Waals surface area contributed by atoms with Crippen LogP contribution in [0.5, 0.6) is 0 Å². The van der Waals surface area contributed by atoms with E-state index in [1.165, 1.54) is 18.0 Å². The van der Waals surface area contributed by atoms with Gasteiger partial charge in [-0.05, 0) is 44.8 Å². The molecule has 40 heavy (non-hydrogen) atoms. The molecule has 4 atom stereocenters. The SMILES string of the molecule is CS(=O)(=O)c1ncc(C#N)c(N[C@@H]2CCCC[C@H](O)C2)n1.CSc1ncc(C#N)c(N[C@@H]2CCCC[C@H](O)C2)n1. The van der Waals surface area contributed by atoms with Gasteiger partial charge in [-0.1, -0.05) is 37.4 Å². The number of anilines is 2. The van der Waals surface area contributed by atoms with Crippen LogP contribution in [-0.2, 0) is 9.84 Å². The van der Waals surface area contributed by atoms with Crippen LogP contribution in [0, 0.1) is 22.7 Å². The molecule has 4 rings (SSSR count). The molecule has 0 radical (unpaired) electrons. The molecule has 4 N–H and O–H groups in total. The molecule has 2 aliphatic carbocycles. The quantitative estimate of drug-likeness (QED) is 0.218. The van der Waals surface area contributed by atoms with Crippen LogP contribution in [-0.4, -0.2) is 75.4 Å². The van der Waals surface area contributed by atoms with Crippen molar-refractivity contribution < 1.29 is 18.6 Å². The fourth-order valence-corrected chi connectivity index (χ4v) is 5.55. The zero-order valence-corrected chi connectivity index (χ0v) is 24.4. The number of rotatable bonds is 6. The molecule has 0 spiro atoms. The molecule has 2 aromatic heterocycles. The Bertz CT molecular complexity index is 1330. The van der Waals surface area contributed by atoms with Gasteiger partial charge in [0.25, 0.3) is 0 Å². The lowest BCUT2D eigenvalue weighted by Gasteiger charge is -2.19. The first-order chi connectivity index (χ1) is 19.1. The standard InChI is InChI=1S/C13H18N4O3S.C13H18N4OS/c1-21(19,20)13-15-8-9(7-14)12(17-13)16-10-4-2-3-5-11(18)6-10;1-19-13-15-8-9(7-14)12(17-13)16-10-4-2-3-5-11(18)6-10/h8,10-11,18H,2-6H2,1H3,(H,15,16,17);8,10-11,18H,2-6H2,1H3,(H,15,16,17)/t2*10-,11+/m11/s1. The van der Waals surface area contributed by atoms with E-state index in [1.54, 1.807) is 6.20 Å². The Kier molecular flexibility index (Phi) is 11.9. The summed E-state index contributed by atoms with van der Waals surface area (Å²) in [5.74, 6) is 0.799. The zero-order valence-electron chi connectivity index (χ0n) is 22.7. The number of hydrogen-bond acceptors (Lipinski definition) is 13. The number of aliphatic hydroxyl groups is 2. The van der Waals surface area contributed by atoms with E-state index in [1.807, 2.05) is 12.3 Å². The Morgan fingerprint density at radius 3 is 1.80 bits per heavy atom. The van der Waals surface area contributed by atoms with Crippen LogP contribution in [0.1, 0.15) is 75.3 Å². The van der Waals surface area contributed by atoms with E-state index in [2.05, 4.69) is 36.6 Å². The average Bonchev–Trinajstić information content (AvgIpc) is 3.26. The lowest BCUT2D eigenvalue weighted by molar-refractivity contribution is 0.154. The van der Waals surface area contributed by atoms with Crippen molar-refractivity contribution in [1.29, 1.82) is 10.5 Å². The number of nitrogens with zero attached hydrogens (tertiary/aromatic N) is 6. The van der Waals surface area contributed by atoms with Crippen LogP contribution < -0.4 is 10.6 Å². The second kappa shape index (κ2) is 15.1. The molecule has 0 bridgehead atoms. The van der Waals surface area contributed by atoms with Gasteiger partial charge >= 0.3 is 0 Å². The highest BCUT2D eigenvalue weighted by molar-refractivity contribution is 7.98. The molecular formula is C26H36N8O4S2. The Labute approximate surface area is 239 Å². The summed E-state index contributed by atoms with van der Waals surface area (Å²) in [7, 11) is -3.53. The summed E-state index contributed by atoms with van der Waals surface area (Å²) in [6, 6.07) is 4.19. The van der Waals surface area contributed by atoms with Gasteiger partial charge in [0.05, 0.1) is 24.6 Å². The van der Waals surface area contributed by atoms with Crippen molar-refractivity contribution in [2.45, 2.75) is 98.8 Å². The van der Waals surface area contributed by atoms with E-state index >= 15 is 0 Å². The minimum atomic E-state index is -3.53. The van der Waals surface area contributed by atoms with Gasteiger partial charge in [0.1, 0.15) is 34.9 Å². The van der Waals surface area contributed by atoms with Crippen molar-refractivity contribution in [1.82, 2.24) is 19.9 Å². The van der Waals surface area contributed by atoms with Crippen LogP contribution in [0.4, 0.5) is 11.6 Å². The topological polar surface area (TPSA) is 198 Å². The summed E-state index contributed by atoms with van der Waals surface area (Å²) < 4.78 is 23.0. The predicted molar refractivity (Wildman–Crippen MR) is 151 cm³/mol. The third kappa shape index (κ3) is 9.55. The Hall–Kier alpha value is -3.04. The summed E-state index contributed by atoms with van der Waals surface area (Å²) in [6.45, 7) is 0. The molecule has 2 aromatic rings. The van der Waals surface area contributed by atoms with Gasteiger partial charge in [0, 0.05) is 18.3 Å². The van der Waals surface area contributed by atoms with Crippen LogP contribution in [0.15, 0.2) is 22.7 Å². The Balaban J connectivity index is 0.000000222. The van der Waals surface area contributed by atoms with Gasteiger partial charge in [-0.3, -0.25) is 0 Å². The van der Waals surface area contributed by atoms with E-state index in [0.717, 1.165) is 57.6 Å². The molecule has 2 fully saturated rings. The largest absolute Gasteiger partial charge is 0.393 e. The van der Waals surface area contributed by atoms with Crippen LogP contribution in [0.3, 0.4) is 0 Å². The molecule has 0 unspecified atom stereocenters. The van der Waals surface area contributed by atoms with Crippen LogP contribution in [0.2, 0.25) is 0 Å². The second-order valence-corrected chi connectivity index (χ2v) is 12.7. The summed E-state index contributed by atoms with van der Waals surface area (Å²) in [5.41, 5.74) is 0.651. The van der Waals surface area contributed by atoms with Gasteiger partial charge in [-0.2, -0.15) is 15.5 Å². The molecule has 2 aliphatic rings. The van der Waals surface area contributed by atoms with Gasteiger partial charge in [0.2, 0.25) is 15.0 Å². The highest BCUT2D eigenvalue weighted by Crippen LogP contribution is 2.24. The second-order valence-electron chi connectivity index (χ2n) is 10.1. The predicted octanol–water partition coefficient (Wildman–Crippen LogP) is 3.03. The molecule has 2 saturated carbocycles. The first-order valence-electron chi connectivity index (χ1n) is 13.3. The van der Waals surface area contributed by atoms with Crippen molar-refractivity contribution in [3.63, 3.8) is 0 Å². The third-order valence-corrected chi connectivity index (χ3v) is 8.19. The molecular weight excluding hydrogens is 552 g/mol. The average molecular weight is 589 g/mol. The van der Waals surface area contributed by atoms with E-state index in [4.69, 9.17) is 10.5 Å². The highest BCUT2D eigenvalue weighted by Gasteiger charge is 2.22. The zero-order chi connectivity index (χ0) is 29.1. The van der Waals surface area contributed by atoms with Gasteiger partial charge in [0.15, 0.2) is 5.16 Å². The molecule has 0 aliphatic heterocycles. The smallest absolute Gasteiger partial charge is 0.248 e. The van der Waals surface area contributed by atoms with E-state index in [-0.39, 0.29) is 40.8 Å². The fraction of sp³-hybridized carbons (Fsp3) is 0.615. The lowest BCUT2D eigenvalue weighted by atomic mass is 10.1. The van der Waals surface area contributed by atoms with E-state index in [9.17, 15) is 18.6 Å². The maximum Gasteiger partial charge on any atom is 0.248 e. The normalized spacial score (nSPS) is 23.2. The Morgan fingerprint density at radius 2 is 1.32 bits per heavy atom. The third-order valence-electron chi connectivity index (χ3n) is 6.76. The fourth-order valence-electron chi connectivity index (χ4n) is 4.71. The molecule has 12 nitrogen and oxygen atoms in total. The molecule has 0 amide bonds. The van der Waals surface area contributed by atoms with Crippen molar-refractivity contribution in [3.05, 3.63) is 23.5 Å². The van der Waals surface area contributed by atoms with Crippen molar-refractivity contribution in [2.75, 3.05) is 23.1 Å². The van der Waals surface area contributed by atoms with E-state index < -0.39 is 9.84 Å². The number of aromatic nitrogens is 4. The minimum absolute atomic E-state index is 0.0306. The monoisotopic (exact) mass is 588 g/mol. The lowest BCUT2D eigenvalue weighted by Crippen LogP contribution is -2.25. The first-order valence-corrected chi connectivity index (χ1v) is 16.4. The Morgan fingerprint density at radius 1 is 0.850 bits per heavy atom. The van der Waals surface area contributed by atoms with Gasteiger partial charge < -0.3 is 20.8 Å².